The van der Waals surface area contributed by atoms with E-state index in [0.29, 0.717) is 35.6 Å². The molecule has 1 aliphatic carbocycles. The average Bonchev–Trinajstić information content (AvgIpc) is 3.43. The highest BCUT2D eigenvalue weighted by Gasteiger charge is 2.37. The molecule has 4 aromatic heterocycles. The molecule has 2 aliphatic rings. The van der Waals surface area contributed by atoms with E-state index in [1.165, 1.54) is 17.0 Å². The molecule has 0 radical (unpaired) electrons. The van der Waals surface area contributed by atoms with Crippen molar-refractivity contribution in [3.05, 3.63) is 59.3 Å². The van der Waals surface area contributed by atoms with Crippen LogP contribution in [0.1, 0.15) is 66.2 Å². The summed E-state index contributed by atoms with van der Waals surface area (Å²) in [6.07, 6.45) is 4.79. The van der Waals surface area contributed by atoms with E-state index in [0.717, 1.165) is 30.7 Å². The van der Waals surface area contributed by atoms with E-state index in [-0.39, 0.29) is 5.56 Å². The molecule has 5 heterocycles. The van der Waals surface area contributed by atoms with Crippen LogP contribution in [-0.2, 0) is 6.42 Å². The predicted molar refractivity (Wildman–Crippen MR) is 103 cm³/mol. The van der Waals surface area contributed by atoms with Crippen LogP contribution in [-0.4, -0.2) is 36.3 Å². The highest BCUT2D eigenvalue weighted by Crippen LogP contribution is 2.40. The lowest BCUT2D eigenvalue weighted by Gasteiger charge is -2.32. The number of nitrogens with one attached hydrogen (secondary N) is 1. The van der Waals surface area contributed by atoms with Crippen LogP contribution >= 0.6 is 0 Å². The zero-order valence-corrected chi connectivity index (χ0v) is 16.0. The molecule has 0 spiro atoms. The first-order valence-corrected chi connectivity index (χ1v) is 10.1. The maximum atomic E-state index is 13.5. The Morgan fingerprint density at radius 1 is 1.23 bits per heavy atom. The van der Waals surface area contributed by atoms with Crippen molar-refractivity contribution in [3.8, 4) is 0 Å². The van der Waals surface area contributed by atoms with Gasteiger partial charge in [0, 0.05) is 36.3 Å². The van der Waals surface area contributed by atoms with Gasteiger partial charge in [-0.3, -0.25) is 0 Å². The molecule has 1 atom stereocenters. The van der Waals surface area contributed by atoms with Gasteiger partial charge in [0.2, 0.25) is 5.89 Å². The molecular formula is C20H19F2N7O. The summed E-state index contributed by atoms with van der Waals surface area (Å²) in [5.41, 5.74) is 2.74. The Bertz CT molecular complexity index is 1210. The molecule has 1 N–H and O–H groups in total. The van der Waals surface area contributed by atoms with E-state index in [2.05, 4.69) is 25.3 Å². The zero-order valence-electron chi connectivity index (χ0n) is 16.0. The molecule has 0 saturated heterocycles. The number of rotatable bonds is 4. The van der Waals surface area contributed by atoms with E-state index in [9.17, 15) is 8.78 Å². The Morgan fingerprint density at radius 3 is 2.93 bits per heavy atom. The largest absolute Gasteiger partial charge is 0.408 e. The molecule has 0 amide bonds. The first-order chi connectivity index (χ1) is 14.7. The first kappa shape index (κ1) is 17.5. The van der Waals surface area contributed by atoms with Gasteiger partial charge in [0.1, 0.15) is 6.04 Å². The van der Waals surface area contributed by atoms with Crippen LogP contribution in [0.4, 0.5) is 14.8 Å². The maximum Gasteiger partial charge on any atom is 0.319 e. The summed E-state index contributed by atoms with van der Waals surface area (Å²) in [6.45, 7) is 0.627. The minimum atomic E-state index is -2.58. The van der Waals surface area contributed by atoms with E-state index in [4.69, 9.17) is 4.42 Å². The number of fused-ring (bicyclic) bond motifs is 2. The summed E-state index contributed by atoms with van der Waals surface area (Å²) in [6, 6.07) is 4.72. The lowest BCUT2D eigenvalue weighted by atomic mass is 9.85. The zero-order chi connectivity index (χ0) is 20.2. The molecule has 6 rings (SSSR count). The molecule has 8 nitrogen and oxygen atoms in total. The van der Waals surface area contributed by atoms with Gasteiger partial charge < -0.3 is 14.3 Å². The van der Waals surface area contributed by atoms with E-state index in [1.54, 1.807) is 24.7 Å². The first-order valence-electron chi connectivity index (χ1n) is 10.1. The van der Waals surface area contributed by atoms with E-state index < -0.39 is 12.5 Å². The molecule has 30 heavy (non-hydrogen) atoms. The molecule has 1 fully saturated rings. The van der Waals surface area contributed by atoms with Crippen molar-refractivity contribution >= 4 is 11.5 Å². The molecule has 1 aliphatic heterocycles. The highest BCUT2D eigenvalue weighted by molar-refractivity contribution is 5.58. The Labute approximate surface area is 169 Å². The second-order valence-corrected chi connectivity index (χ2v) is 7.83. The number of halogens is 2. The van der Waals surface area contributed by atoms with E-state index in [1.807, 2.05) is 4.90 Å². The lowest BCUT2D eigenvalue weighted by Crippen LogP contribution is -2.37. The summed E-state index contributed by atoms with van der Waals surface area (Å²) >= 11 is 0. The molecular weight excluding hydrogens is 392 g/mol. The number of hydrogen-bond acceptors (Lipinski definition) is 6. The summed E-state index contributed by atoms with van der Waals surface area (Å²) < 4.78 is 34.5. The van der Waals surface area contributed by atoms with Gasteiger partial charge in [-0.2, -0.15) is 5.10 Å². The number of pyridine rings is 1. The van der Waals surface area contributed by atoms with Crippen molar-refractivity contribution in [1.82, 2.24) is 29.8 Å². The fraction of sp³-hybridized carbons (Fsp3) is 0.400. The fourth-order valence-electron chi connectivity index (χ4n) is 4.32. The monoisotopic (exact) mass is 411 g/mol. The van der Waals surface area contributed by atoms with Crippen LogP contribution < -0.4 is 4.90 Å². The van der Waals surface area contributed by atoms with Gasteiger partial charge in [-0.1, -0.05) is 11.5 Å². The third-order valence-corrected chi connectivity index (χ3v) is 6.12. The topological polar surface area (TPSA) is 88.1 Å². The van der Waals surface area contributed by atoms with Gasteiger partial charge in [0.05, 0.1) is 23.2 Å². The number of alkyl halides is 2. The fourth-order valence-corrected chi connectivity index (χ4v) is 4.32. The third kappa shape index (κ3) is 2.62. The smallest absolute Gasteiger partial charge is 0.319 e. The number of nitrogens with zero attached hydrogens (tertiary/aromatic N) is 6. The summed E-state index contributed by atoms with van der Waals surface area (Å²) in [7, 11) is 0. The normalized spacial score (nSPS) is 19.4. The average molecular weight is 411 g/mol. The lowest BCUT2D eigenvalue weighted by molar-refractivity contribution is 0.152. The van der Waals surface area contributed by atoms with Crippen LogP contribution in [0.3, 0.4) is 0 Å². The number of H-pyrrole nitrogens is 1. The van der Waals surface area contributed by atoms with Crippen LogP contribution in [0.2, 0.25) is 0 Å². The van der Waals surface area contributed by atoms with Crippen molar-refractivity contribution in [2.75, 3.05) is 11.4 Å². The number of anilines is 1. The molecule has 10 heteroatoms. The van der Waals surface area contributed by atoms with Crippen LogP contribution in [0, 0.1) is 0 Å². The van der Waals surface area contributed by atoms with Crippen molar-refractivity contribution in [1.29, 1.82) is 0 Å². The highest BCUT2D eigenvalue weighted by atomic mass is 19.3. The second kappa shape index (κ2) is 6.61. The predicted octanol–water partition coefficient (Wildman–Crippen LogP) is 3.80. The molecule has 4 aromatic rings. The van der Waals surface area contributed by atoms with Gasteiger partial charge in [0.15, 0.2) is 0 Å². The van der Waals surface area contributed by atoms with Crippen LogP contribution in [0.5, 0.6) is 0 Å². The van der Waals surface area contributed by atoms with Crippen LogP contribution in [0.15, 0.2) is 35.1 Å². The van der Waals surface area contributed by atoms with Crippen LogP contribution in [0.25, 0.3) is 5.52 Å². The van der Waals surface area contributed by atoms with Gasteiger partial charge in [-0.05, 0) is 31.0 Å². The Balaban J connectivity index is 1.46. The minimum Gasteiger partial charge on any atom is -0.408 e. The second-order valence-electron chi connectivity index (χ2n) is 7.83. The number of imidazole rings is 1. The van der Waals surface area contributed by atoms with Gasteiger partial charge in [0.25, 0.3) is 6.43 Å². The van der Waals surface area contributed by atoms with Gasteiger partial charge >= 0.3 is 6.01 Å². The quantitative estimate of drug-likeness (QED) is 0.550. The van der Waals surface area contributed by atoms with Gasteiger partial charge in [-0.25, -0.2) is 18.3 Å². The van der Waals surface area contributed by atoms with Gasteiger partial charge in [-0.15, -0.1) is 5.10 Å². The summed E-state index contributed by atoms with van der Waals surface area (Å²) in [5, 5.41) is 13.1. The van der Waals surface area contributed by atoms with Crippen molar-refractivity contribution in [2.24, 2.45) is 0 Å². The molecule has 0 aromatic carbocycles. The van der Waals surface area contributed by atoms with Crippen molar-refractivity contribution in [3.63, 3.8) is 0 Å². The standard InChI is InChI=1S/C20H19F2N7O/c21-18(22)12-5-2-7-29-15(12)9-14(27-29)17-16-13(23-10-24-16)6-8-28(17)20-26-25-19(30-20)11-3-1-4-11/h2,5,7,9-11,17-18H,1,3-4,6,8H2,(H,23,24)/t17-/m0/s1. The molecule has 154 valence electrons. The van der Waals surface area contributed by atoms with Crippen molar-refractivity contribution in [2.45, 2.75) is 44.1 Å². The van der Waals surface area contributed by atoms with Crippen molar-refractivity contribution < 1.29 is 13.2 Å². The van der Waals surface area contributed by atoms with E-state index >= 15 is 0 Å². The minimum absolute atomic E-state index is 0.0501. The number of aromatic nitrogens is 6. The summed E-state index contributed by atoms with van der Waals surface area (Å²) in [5.74, 6) is 0.997. The third-order valence-electron chi connectivity index (χ3n) is 6.12. The maximum absolute atomic E-state index is 13.5. The Kier molecular flexibility index (Phi) is 3.87. The molecule has 0 unspecified atom stereocenters. The molecule has 0 bridgehead atoms. The molecule has 1 saturated carbocycles. The number of hydrogen-bond donors (Lipinski definition) is 1. The Hall–Kier alpha value is -3.30. The summed E-state index contributed by atoms with van der Waals surface area (Å²) in [4.78, 5) is 9.65. The SMILES string of the molecule is FC(F)c1cccn2nc([C@H]3c4nc[nH]c4CCN3c3nnc(C4CCC4)o3)cc12. The number of aromatic amines is 1. The Morgan fingerprint density at radius 2 is 2.13 bits per heavy atom.